The maximum Gasteiger partial charge on any atom is 0.251 e. The van der Waals surface area contributed by atoms with E-state index >= 15 is 0 Å². The Labute approximate surface area is 116 Å². The number of hydrogen-bond acceptors (Lipinski definition) is 2. The summed E-state index contributed by atoms with van der Waals surface area (Å²) in [5, 5.41) is 3.06. The number of amides is 1. The monoisotopic (exact) mass is 281 g/mol. The highest BCUT2D eigenvalue weighted by atomic mass is 28.4. The molecule has 104 valence electrons. The highest BCUT2D eigenvalue weighted by molar-refractivity contribution is 6.74. The van der Waals surface area contributed by atoms with Crippen LogP contribution < -0.4 is 5.32 Å². The molecule has 0 aromatic heterocycles. The fourth-order valence-corrected chi connectivity index (χ4v) is 3.13. The van der Waals surface area contributed by atoms with E-state index in [4.69, 9.17) is 4.43 Å². The van der Waals surface area contributed by atoms with Gasteiger partial charge in [0.25, 0.3) is 5.91 Å². The second-order valence-corrected chi connectivity index (χ2v) is 11.5. The molecule has 1 fully saturated rings. The molecule has 0 bridgehead atoms. The largest absolute Gasteiger partial charge is 0.403 e. The Balaban J connectivity index is 2.14. The van der Waals surface area contributed by atoms with Gasteiger partial charge in [-0.15, -0.1) is 0 Å². The Hall–Kier alpha value is -1.13. The Morgan fingerprint density at radius 1 is 1.26 bits per heavy atom. The van der Waals surface area contributed by atoms with Gasteiger partial charge in [0.05, 0.1) is 6.04 Å². The Bertz CT molecular complexity index is 465. The summed E-state index contributed by atoms with van der Waals surface area (Å²) in [6, 6.07) is 10.0. The van der Waals surface area contributed by atoms with E-state index in [-0.39, 0.29) is 23.1 Å². The molecule has 0 radical (unpaired) electrons. The molecular weight excluding hydrogens is 258 g/mol. The summed E-state index contributed by atoms with van der Waals surface area (Å²) in [7, 11) is -1.92. The molecule has 19 heavy (non-hydrogen) atoms. The maximum absolute atomic E-state index is 11.8. The van der Waals surface area contributed by atoms with E-state index in [1.54, 1.807) is 0 Å². The first-order valence-corrected chi connectivity index (χ1v) is 9.66. The number of rotatable bonds is 3. The van der Waals surface area contributed by atoms with Crippen LogP contribution in [0.25, 0.3) is 0 Å². The van der Waals surface area contributed by atoms with Gasteiger partial charge in [0.15, 0.2) is 8.32 Å². The number of benzene rings is 1. The second kappa shape index (κ2) is 4.76. The topological polar surface area (TPSA) is 38.3 Å². The van der Waals surface area contributed by atoms with E-state index in [0.29, 0.717) is 0 Å². The molecule has 1 heterocycles. The lowest BCUT2D eigenvalue weighted by molar-refractivity contribution is -0.141. The number of carbonyl (C=O) groups is 1. The van der Waals surface area contributed by atoms with Gasteiger partial charge in [-0.05, 0) is 23.7 Å². The average molecular weight is 281 g/mol. The molecular formula is C15H23NO2Si. The van der Waals surface area contributed by atoms with Crippen molar-refractivity contribution < 1.29 is 9.22 Å². The summed E-state index contributed by atoms with van der Waals surface area (Å²) < 4.78 is 6.24. The van der Waals surface area contributed by atoms with E-state index < -0.39 is 8.32 Å². The Morgan fingerprint density at radius 2 is 1.84 bits per heavy atom. The van der Waals surface area contributed by atoms with Crippen LogP contribution in [0.15, 0.2) is 30.3 Å². The normalized spacial score (nSPS) is 23.7. The van der Waals surface area contributed by atoms with Gasteiger partial charge in [-0.3, -0.25) is 4.79 Å². The molecule has 1 saturated heterocycles. The van der Waals surface area contributed by atoms with Crippen LogP contribution in [0.4, 0.5) is 0 Å². The molecule has 0 spiro atoms. The highest BCUT2D eigenvalue weighted by Crippen LogP contribution is 2.40. The number of carbonyl (C=O) groups excluding carboxylic acids is 1. The van der Waals surface area contributed by atoms with Crippen LogP contribution >= 0.6 is 0 Å². The molecule has 1 amide bonds. The Morgan fingerprint density at radius 3 is 2.32 bits per heavy atom. The summed E-state index contributed by atoms with van der Waals surface area (Å²) in [6.45, 7) is 10.9. The van der Waals surface area contributed by atoms with Gasteiger partial charge < -0.3 is 9.74 Å². The highest BCUT2D eigenvalue weighted by Gasteiger charge is 2.48. The zero-order valence-corrected chi connectivity index (χ0v) is 13.4. The molecule has 1 aliphatic rings. The average Bonchev–Trinajstić information content (AvgIpc) is 2.33. The van der Waals surface area contributed by atoms with Crippen molar-refractivity contribution in [1.82, 2.24) is 5.32 Å². The van der Waals surface area contributed by atoms with Crippen LogP contribution in [0.3, 0.4) is 0 Å². The zero-order valence-electron chi connectivity index (χ0n) is 12.4. The maximum atomic E-state index is 11.8. The van der Waals surface area contributed by atoms with Crippen LogP contribution in [0, 0.1) is 0 Å². The van der Waals surface area contributed by atoms with E-state index in [1.807, 2.05) is 30.3 Å². The molecule has 1 aromatic rings. The summed E-state index contributed by atoms with van der Waals surface area (Å²) in [5.41, 5.74) is 1.12. The zero-order chi connectivity index (χ0) is 14.3. The van der Waals surface area contributed by atoms with Crippen molar-refractivity contribution in [1.29, 1.82) is 0 Å². The van der Waals surface area contributed by atoms with Crippen molar-refractivity contribution in [3.05, 3.63) is 35.9 Å². The molecule has 4 heteroatoms. The fraction of sp³-hybridized carbons (Fsp3) is 0.533. The predicted octanol–water partition coefficient (Wildman–Crippen LogP) is 3.25. The third kappa shape index (κ3) is 2.74. The van der Waals surface area contributed by atoms with Crippen molar-refractivity contribution in [3.63, 3.8) is 0 Å². The van der Waals surface area contributed by atoms with Crippen LogP contribution in [0.1, 0.15) is 32.4 Å². The first-order chi connectivity index (χ1) is 8.72. The van der Waals surface area contributed by atoms with Crippen LogP contribution in [0.2, 0.25) is 18.1 Å². The van der Waals surface area contributed by atoms with E-state index in [2.05, 4.69) is 39.2 Å². The number of β-lactam (4-membered cyclic amide) rings is 1. The van der Waals surface area contributed by atoms with E-state index in [1.165, 1.54) is 0 Å². The predicted molar refractivity (Wildman–Crippen MR) is 79.4 cm³/mol. The van der Waals surface area contributed by atoms with Crippen molar-refractivity contribution in [2.24, 2.45) is 0 Å². The summed E-state index contributed by atoms with van der Waals surface area (Å²) in [6.07, 6.45) is -0.330. The minimum atomic E-state index is -1.92. The van der Waals surface area contributed by atoms with Gasteiger partial charge in [0, 0.05) is 0 Å². The number of nitrogens with one attached hydrogen (secondary N) is 1. The SMILES string of the molecule is CC(C)(C)[Si](C)(C)O[14C@@H]1[C@H](c2ccccc2)N[14C]1=O. The van der Waals surface area contributed by atoms with Gasteiger partial charge in [-0.1, -0.05) is 51.1 Å². The van der Waals surface area contributed by atoms with Gasteiger partial charge in [0.1, 0.15) is 6.10 Å². The minimum Gasteiger partial charge on any atom is -0.403 e. The molecule has 0 saturated carbocycles. The van der Waals surface area contributed by atoms with Gasteiger partial charge >= 0.3 is 0 Å². The fourth-order valence-electron chi connectivity index (χ4n) is 1.90. The first-order valence-electron chi connectivity index (χ1n) is 6.75. The van der Waals surface area contributed by atoms with Crippen molar-refractivity contribution in [3.8, 4) is 0 Å². The van der Waals surface area contributed by atoms with Gasteiger partial charge in [-0.2, -0.15) is 0 Å². The lowest BCUT2D eigenvalue weighted by atomic mass is 10.2. The van der Waals surface area contributed by atoms with Crippen LogP contribution in [-0.2, 0) is 9.22 Å². The molecule has 1 N–H and O–H groups in total. The van der Waals surface area contributed by atoms with E-state index in [9.17, 15) is 4.79 Å². The molecule has 0 aliphatic carbocycles. The molecule has 2 atom stereocenters. The van der Waals surface area contributed by atoms with E-state index in [0.717, 1.165) is 5.56 Å². The van der Waals surface area contributed by atoms with Gasteiger partial charge in [0.2, 0.25) is 0 Å². The second-order valence-electron chi connectivity index (χ2n) is 6.70. The summed E-state index contributed by atoms with van der Waals surface area (Å²) in [4.78, 5) is 11.8. The number of hydrogen-bond donors (Lipinski definition) is 1. The quantitative estimate of drug-likeness (QED) is 0.682. The lowest BCUT2D eigenvalue weighted by Gasteiger charge is -2.45. The lowest BCUT2D eigenvalue weighted by Crippen LogP contribution is -2.61. The van der Waals surface area contributed by atoms with Crippen LogP contribution in [-0.4, -0.2) is 20.3 Å². The first kappa shape index (κ1) is 14.3. The minimum absolute atomic E-state index is 0.00262. The summed E-state index contributed by atoms with van der Waals surface area (Å²) >= 11 is 0. The smallest absolute Gasteiger partial charge is 0.251 e. The van der Waals surface area contributed by atoms with Crippen LogP contribution in [0.5, 0.6) is 0 Å². The third-order valence-corrected chi connectivity index (χ3v) is 8.70. The molecule has 1 aliphatic heterocycles. The van der Waals surface area contributed by atoms with Crippen molar-refractivity contribution in [2.75, 3.05) is 0 Å². The van der Waals surface area contributed by atoms with Crippen molar-refractivity contribution in [2.45, 2.75) is 51.0 Å². The molecule has 3 nitrogen and oxygen atoms in total. The molecule has 0 unspecified atom stereocenters. The van der Waals surface area contributed by atoms with Crippen molar-refractivity contribution >= 4 is 14.2 Å². The third-order valence-electron chi connectivity index (χ3n) is 4.25. The Kier molecular flexibility index (Phi) is 3.58. The summed E-state index contributed by atoms with van der Waals surface area (Å²) in [5.74, 6) is 0.0127. The molecule has 1 aromatic carbocycles. The van der Waals surface area contributed by atoms with Gasteiger partial charge in [-0.25, -0.2) is 0 Å². The standard InChI is InChI=1S/C15H23NO2Si/c1-15(2,3)19(4,5)18-13-12(16-14(13)17)11-9-7-6-8-10-11/h6-10,12-13H,1-5H3,(H,16,17)/t12-,13+/m0/s1/i13+2,14+2. The molecule has 2 rings (SSSR count).